The minimum absolute atomic E-state index is 0.0112. The van der Waals surface area contributed by atoms with E-state index in [1.54, 1.807) is 18.2 Å². The normalized spacial score (nSPS) is 31.7. The molecule has 0 aromatic rings. The van der Waals surface area contributed by atoms with Crippen LogP contribution in [0.1, 0.15) is 39.0 Å². The highest BCUT2D eigenvalue weighted by Crippen LogP contribution is 2.53. The molecule has 0 bridgehead atoms. The molecule has 0 aromatic carbocycles. The van der Waals surface area contributed by atoms with E-state index in [-0.39, 0.29) is 23.5 Å². The fourth-order valence-electron chi connectivity index (χ4n) is 5.38. The maximum absolute atomic E-state index is 12.4. The van der Waals surface area contributed by atoms with Crippen LogP contribution in [0.4, 0.5) is 0 Å². The zero-order valence-corrected chi connectivity index (χ0v) is 19.3. The Labute approximate surface area is 202 Å². The quantitative estimate of drug-likeness (QED) is 0.545. The Balaban J connectivity index is 1.76. The molecule has 35 heavy (non-hydrogen) atoms. The van der Waals surface area contributed by atoms with Gasteiger partial charge in [-0.25, -0.2) is 4.79 Å². The maximum Gasteiger partial charge on any atom is 0.336 e. The first-order valence-electron chi connectivity index (χ1n) is 11.6. The van der Waals surface area contributed by atoms with E-state index in [1.165, 1.54) is 25.2 Å². The SMILES string of the molecule is CC1(C(=O)O)C=CC(C(=O)O)=C(C2=C3CCC(=O)CC3OC3=C2C=CCC32C=CC(O)=CC2)C=C1. The Morgan fingerprint density at radius 2 is 1.77 bits per heavy atom. The summed E-state index contributed by atoms with van der Waals surface area (Å²) in [6.45, 7) is 1.51. The number of allylic oxidation sites excluding steroid dienone is 9. The van der Waals surface area contributed by atoms with Crippen LogP contribution in [-0.2, 0) is 19.1 Å². The average Bonchev–Trinajstić information content (AvgIpc) is 3.00. The van der Waals surface area contributed by atoms with Crippen LogP contribution >= 0.6 is 0 Å². The lowest BCUT2D eigenvalue weighted by atomic mass is 9.68. The van der Waals surface area contributed by atoms with Gasteiger partial charge in [-0.1, -0.05) is 36.5 Å². The molecule has 1 fully saturated rings. The Kier molecular flexibility index (Phi) is 5.31. The lowest BCUT2D eigenvalue weighted by molar-refractivity contribution is -0.143. The molecule has 4 aliphatic carbocycles. The molecule has 0 saturated heterocycles. The predicted octanol–water partition coefficient (Wildman–Crippen LogP) is 4.64. The molecule has 1 heterocycles. The van der Waals surface area contributed by atoms with Gasteiger partial charge in [-0.2, -0.15) is 0 Å². The Hall–Kier alpha value is -3.87. The number of Topliss-reactive ketones (excluding diaryl/α,β-unsaturated/α-hetero) is 1. The maximum atomic E-state index is 12.4. The summed E-state index contributed by atoms with van der Waals surface area (Å²) >= 11 is 0. The molecule has 7 nitrogen and oxygen atoms in total. The number of fused-ring (bicyclic) bond motifs is 2. The highest BCUT2D eigenvalue weighted by atomic mass is 16.5. The lowest BCUT2D eigenvalue weighted by Gasteiger charge is -2.44. The largest absolute Gasteiger partial charge is 0.508 e. The number of hydrogen-bond acceptors (Lipinski definition) is 5. The first-order chi connectivity index (χ1) is 16.6. The summed E-state index contributed by atoms with van der Waals surface area (Å²) in [5, 5.41) is 29.8. The van der Waals surface area contributed by atoms with Crippen molar-refractivity contribution in [2.75, 3.05) is 0 Å². The van der Waals surface area contributed by atoms with Crippen LogP contribution in [0.2, 0.25) is 0 Å². The second-order valence-electron chi connectivity index (χ2n) is 9.81. The third-order valence-corrected chi connectivity index (χ3v) is 7.48. The van der Waals surface area contributed by atoms with Gasteiger partial charge < -0.3 is 20.1 Å². The summed E-state index contributed by atoms with van der Waals surface area (Å²) in [5.74, 6) is -1.34. The summed E-state index contributed by atoms with van der Waals surface area (Å²) in [6.07, 6.45) is 16.6. The van der Waals surface area contributed by atoms with Crippen molar-refractivity contribution >= 4 is 17.7 Å². The number of carbonyl (C=O) groups excluding carboxylic acids is 1. The number of carbonyl (C=O) groups is 3. The zero-order valence-electron chi connectivity index (χ0n) is 19.3. The first-order valence-corrected chi connectivity index (χ1v) is 11.6. The Morgan fingerprint density at radius 1 is 1.00 bits per heavy atom. The fourth-order valence-corrected chi connectivity index (χ4v) is 5.38. The van der Waals surface area contributed by atoms with Crippen molar-refractivity contribution in [2.45, 2.75) is 45.1 Å². The van der Waals surface area contributed by atoms with Gasteiger partial charge in [-0.3, -0.25) is 9.59 Å². The van der Waals surface area contributed by atoms with Crippen molar-refractivity contribution in [1.82, 2.24) is 0 Å². The van der Waals surface area contributed by atoms with Gasteiger partial charge in [-0.15, -0.1) is 0 Å². The smallest absolute Gasteiger partial charge is 0.336 e. The van der Waals surface area contributed by atoms with E-state index in [0.29, 0.717) is 42.6 Å². The zero-order chi connectivity index (χ0) is 25.0. The van der Waals surface area contributed by atoms with Gasteiger partial charge in [0.25, 0.3) is 0 Å². The average molecular weight is 475 g/mol. The number of ether oxygens (including phenoxy) is 1. The standard InChI is InChI=1S/C28H26O7/c1-27(26(33)34)11-8-18(19(9-12-27)25(31)32)23-20-5-4-17(30)15-22(20)35-24-21(23)3-2-10-28(24)13-6-16(29)7-14-28/h2-3,6-9,11-13,22,29H,4-5,10,14-15H2,1H3,(H,31,32)(H,33,34). The molecule has 0 aromatic heterocycles. The van der Waals surface area contributed by atoms with E-state index in [2.05, 4.69) is 0 Å². The molecule has 180 valence electrons. The number of rotatable bonds is 3. The molecule has 3 atom stereocenters. The van der Waals surface area contributed by atoms with E-state index < -0.39 is 28.9 Å². The van der Waals surface area contributed by atoms with Gasteiger partial charge in [0.05, 0.1) is 11.0 Å². The fraction of sp³-hybridized carbons (Fsp3) is 0.321. The number of ketones is 1. The summed E-state index contributed by atoms with van der Waals surface area (Å²) in [6, 6.07) is 0. The molecule has 1 spiro atoms. The van der Waals surface area contributed by atoms with Gasteiger partial charge in [0.2, 0.25) is 0 Å². The van der Waals surface area contributed by atoms with Crippen LogP contribution in [-0.4, -0.2) is 39.1 Å². The van der Waals surface area contributed by atoms with Gasteiger partial charge in [0.15, 0.2) is 0 Å². The molecule has 5 rings (SSSR count). The van der Waals surface area contributed by atoms with E-state index in [0.717, 1.165) is 11.1 Å². The Bertz CT molecular complexity index is 1300. The molecule has 0 amide bonds. The molecular weight excluding hydrogens is 448 g/mol. The topological polar surface area (TPSA) is 121 Å². The van der Waals surface area contributed by atoms with Crippen LogP contribution < -0.4 is 0 Å². The molecule has 3 unspecified atom stereocenters. The van der Waals surface area contributed by atoms with Gasteiger partial charge in [-0.05, 0) is 61.1 Å². The molecule has 1 saturated carbocycles. The van der Waals surface area contributed by atoms with Crippen molar-refractivity contribution in [3.63, 3.8) is 0 Å². The summed E-state index contributed by atoms with van der Waals surface area (Å²) in [7, 11) is 0. The number of aliphatic hydroxyl groups excluding tert-OH is 1. The lowest BCUT2D eigenvalue weighted by Crippen LogP contribution is -2.37. The summed E-state index contributed by atoms with van der Waals surface area (Å²) in [5.41, 5.74) is 0.759. The van der Waals surface area contributed by atoms with Crippen LogP contribution in [0.25, 0.3) is 0 Å². The highest BCUT2D eigenvalue weighted by molar-refractivity contribution is 5.95. The molecule has 3 N–H and O–H groups in total. The Morgan fingerprint density at radius 3 is 2.46 bits per heavy atom. The van der Waals surface area contributed by atoms with E-state index in [9.17, 15) is 29.7 Å². The van der Waals surface area contributed by atoms with Crippen molar-refractivity contribution < 1.29 is 34.4 Å². The van der Waals surface area contributed by atoms with Gasteiger partial charge in [0, 0.05) is 18.4 Å². The van der Waals surface area contributed by atoms with Crippen molar-refractivity contribution in [2.24, 2.45) is 10.8 Å². The molecule has 0 radical (unpaired) electrons. The first kappa shape index (κ1) is 22.9. The predicted molar refractivity (Wildman–Crippen MR) is 127 cm³/mol. The molecule has 1 aliphatic heterocycles. The second kappa shape index (κ2) is 8.12. The summed E-state index contributed by atoms with van der Waals surface area (Å²) < 4.78 is 6.50. The number of carboxylic acids is 2. The number of aliphatic carboxylic acids is 2. The number of aliphatic hydroxyl groups is 1. The monoisotopic (exact) mass is 474 g/mol. The third-order valence-electron chi connectivity index (χ3n) is 7.48. The highest BCUT2D eigenvalue weighted by Gasteiger charge is 2.45. The summed E-state index contributed by atoms with van der Waals surface area (Å²) in [4.78, 5) is 36.7. The molecule has 7 heteroatoms. The molecule has 5 aliphatic rings. The van der Waals surface area contributed by atoms with Crippen molar-refractivity contribution in [3.8, 4) is 0 Å². The van der Waals surface area contributed by atoms with Crippen LogP contribution in [0.3, 0.4) is 0 Å². The van der Waals surface area contributed by atoms with Crippen molar-refractivity contribution in [3.05, 3.63) is 94.1 Å². The van der Waals surface area contributed by atoms with Crippen LogP contribution in [0, 0.1) is 10.8 Å². The molecular formula is C28H26O7. The van der Waals surface area contributed by atoms with Crippen LogP contribution in [0.5, 0.6) is 0 Å². The van der Waals surface area contributed by atoms with Gasteiger partial charge >= 0.3 is 11.9 Å². The number of carboxylic acid groups (broad SMARTS) is 2. The van der Waals surface area contributed by atoms with E-state index in [4.69, 9.17) is 4.74 Å². The third kappa shape index (κ3) is 3.71. The van der Waals surface area contributed by atoms with E-state index >= 15 is 0 Å². The van der Waals surface area contributed by atoms with Crippen LogP contribution in [0.15, 0.2) is 94.1 Å². The minimum Gasteiger partial charge on any atom is -0.508 e. The second-order valence-corrected chi connectivity index (χ2v) is 9.81. The minimum atomic E-state index is -1.37. The number of hydrogen-bond donors (Lipinski definition) is 3. The van der Waals surface area contributed by atoms with Crippen molar-refractivity contribution in [1.29, 1.82) is 0 Å². The van der Waals surface area contributed by atoms with Gasteiger partial charge in [0.1, 0.15) is 28.8 Å². The van der Waals surface area contributed by atoms with E-state index in [1.807, 2.05) is 18.2 Å².